The number of rotatable bonds is 6. The van der Waals surface area contributed by atoms with Crippen LogP contribution >= 0.6 is 11.3 Å². The molecule has 0 unspecified atom stereocenters. The average Bonchev–Trinajstić information content (AvgIpc) is 3.18. The number of carbonyl (C=O) groups is 1. The number of aryl methyl sites for hydroxylation is 1. The van der Waals surface area contributed by atoms with Crippen molar-refractivity contribution in [1.82, 2.24) is 19.9 Å². The molecule has 0 spiro atoms. The molecule has 9 heteroatoms. The Morgan fingerprint density at radius 1 is 1.37 bits per heavy atom. The molecule has 1 aliphatic rings. The van der Waals surface area contributed by atoms with Crippen LogP contribution in [0.15, 0.2) is 35.1 Å². The van der Waals surface area contributed by atoms with Crippen molar-refractivity contribution in [3.8, 4) is 5.75 Å². The molecule has 0 bridgehead atoms. The molecule has 1 fully saturated rings. The lowest BCUT2D eigenvalue weighted by Gasteiger charge is -2.31. The fourth-order valence-electron chi connectivity index (χ4n) is 3.68. The van der Waals surface area contributed by atoms with Crippen molar-refractivity contribution in [2.24, 2.45) is 5.92 Å². The predicted octanol–water partition coefficient (Wildman–Crippen LogP) is 2.39. The molecule has 8 nitrogen and oxygen atoms in total. The van der Waals surface area contributed by atoms with E-state index in [1.807, 2.05) is 31.2 Å². The first-order chi connectivity index (χ1) is 14.5. The van der Waals surface area contributed by atoms with Gasteiger partial charge in [-0.25, -0.2) is 4.98 Å². The number of hydrogen-bond acceptors (Lipinski definition) is 7. The van der Waals surface area contributed by atoms with Gasteiger partial charge in [0.2, 0.25) is 16.0 Å². The number of nitrogens with zero attached hydrogens (tertiary/aromatic N) is 4. The molecule has 3 heterocycles. The number of piperidine rings is 1. The van der Waals surface area contributed by atoms with E-state index in [0.717, 1.165) is 35.8 Å². The number of aromatic nitrogens is 3. The summed E-state index contributed by atoms with van der Waals surface area (Å²) in [7, 11) is 0. The van der Waals surface area contributed by atoms with Gasteiger partial charge in [-0.05, 0) is 32.8 Å². The molecular formula is C21H25N5O3S. The van der Waals surface area contributed by atoms with Crippen LogP contribution in [-0.4, -0.2) is 40.2 Å². The molecule has 158 valence electrons. The third-order valence-corrected chi connectivity index (χ3v) is 6.12. The van der Waals surface area contributed by atoms with E-state index in [1.165, 1.54) is 21.9 Å². The third-order valence-electron chi connectivity index (χ3n) is 5.15. The van der Waals surface area contributed by atoms with E-state index >= 15 is 0 Å². The quantitative estimate of drug-likeness (QED) is 0.650. The van der Waals surface area contributed by atoms with Crippen LogP contribution in [0.3, 0.4) is 0 Å². The first-order valence-electron chi connectivity index (χ1n) is 10.2. The number of benzene rings is 1. The molecule has 4 rings (SSSR count). The van der Waals surface area contributed by atoms with Crippen LogP contribution in [-0.2, 0) is 11.3 Å². The van der Waals surface area contributed by atoms with Crippen molar-refractivity contribution >= 4 is 27.3 Å². The molecular weight excluding hydrogens is 402 g/mol. The molecule has 0 aliphatic carbocycles. The van der Waals surface area contributed by atoms with Gasteiger partial charge in [0.25, 0.3) is 5.56 Å². The first kappa shape index (κ1) is 20.3. The number of nitrogens with one attached hydrogen (secondary N) is 1. The molecule has 0 radical (unpaired) electrons. The van der Waals surface area contributed by atoms with Crippen LogP contribution in [0.5, 0.6) is 5.75 Å². The largest absolute Gasteiger partial charge is 0.494 e. The number of hydrogen-bond donors (Lipinski definition) is 1. The van der Waals surface area contributed by atoms with Gasteiger partial charge in [-0.3, -0.25) is 9.59 Å². The van der Waals surface area contributed by atoms with Crippen LogP contribution in [0, 0.1) is 12.8 Å². The summed E-state index contributed by atoms with van der Waals surface area (Å²) < 4.78 is 6.97. The number of anilines is 1. The highest BCUT2D eigenvalue weighted by atomic mass is 32.1. The molecule has 1 aromatic carbocycles. The van der Waals surface area contributed by atoms with E-state index in [1.54, 1.807) is 6.92 Å². The van der Waals surface area contributed by atoms with Crippen molar-refractivity contribution in [2.75, 3.05) is 24.6 Å². The Kier molecular flexibility index (Phi) is 5.98. The molecule has 1 saturated heterocycles. The Hall–Kier alpha value is -2.94. The predicted molar refractivity (Wildman–Crippen MR) is 116 cm³/mol. The molecule has 2 aromatic heterocycles. The first-order valence-corrected chi connectivity index (χ1v) is 11.0. The minimum Gasteiger partial charge on any atom is -0.494 e. The lowest BCUT2D eigenvalue weighted by Crippen LogP contribution is -2.43. The molecule has 1 aliphatic heterocycles. The molecule has 1 N–H and O–H groups in total. The average molecular weight is 428 g/mol. The Morgan fingerprint density at radius 3 is 3.03 bits per heavy atom. The van der Waals surface area contributed by atoms with E-state index < -0.39 is 0 Å². The van der Waals surface area contributed by atoms with Crippen LogP contribution in [0.2, 0.25) is 0 Å². The SMILES string of the molecule is CCOc1ccccc1CNC(=O)[C@H]1CCCN(c2nn3c(=O)cc(C)nc3s2)C1. The summed E-state index contributed by atoms with van der Waals surface area (Å²) in [5, 5.41) is 8.21. The summed E-state index contributed by atoms with van der Waals surface area (Å²) in [6.07, 6.45) is 1.72. The van der Waals surface area contributed by atoms with Gasteiger partial charge in [-0.1, -0.05) is 29.5 Å². The lowest BCUT2D eigenvalue weighted by atomic mass is 9.97. The maximum absolute atomic E-state index is 12.8. The topological polar surface area (TPSA) is 88.8 Å². The fourth-order valence-corrected chi connectivity index (χ4v) is 4.66. The maximum Gasteiger partial charge on any atom is 0.275 e. The number of carbonyl (C=O) groups excluding carboxylic acids is 1. The number of amides is 1. The van der Waals surface area contributed by atoms with Crippen molar-refractivity contribution in [2.45, 2.75) is 33.2 Å². The van der Waals surface area contributed by atoms with Crippen LogP contribution in [0.25, 0.3) is 4.96 Å². The second-order valence-corrected chi connectivity index (χ2v) is 8.29. The van der Waals surface area contributed by atoms with Gasteiger partial charge in [0.05, 0.1) is 12.5 Å². The summed E-state index contributed by atoms with van der Waals surface area (Å²) >= 11 is 1.38. The number of fused-ring (bicyclic) bond motifs is 1. The zero-order valence-corrected chi connectivity index (χ0v) is 17.9. The van der Waals surface area contributed by atoms with Crippen molar-refractivity contribution < 1.29 is 9.53 Å². The highest BCUT2D eigenvalue weighted by molar-refractivity contribution is 7.20. The van der Waals surface area contributed by atoms with Gasteiger partial charge >= 0.3 is 0 Å². The third kappa shape index (κ3) is 4.30. The summed E-state index contributed by atoms with van der Waals surface area (Å²) in [5.41, 5.74) is 1.46. The number of ether oxygens (including phenoxy) is 1. The van der Waals surface area contributed by atoms with Gasteiger partial charge in [0.15, 0.2) is 0 Å². The molecule has 30 heavy (non-hydrogen) atoms. The maximum atomic E-state index is 12.8. The zero-order chi connectivity index (χ0) is 21.1. The van der Waals surface area contributed by atoms with Crippen LogP contribution in [0.1, 0.15) is 31.0 Å². The lowest BCUT2D eigenvalue weighted by molar-refractivity contribution is -0.125. The normalized spacial score (nSPS) is 16.6. The summed E-state index contributed by atoms with van der Waals surface area (Å²) in [6.45, 7) is 6.15. The standard InChI is InChI=1S/C21H25N5O3S/c1-3-29-17-9-5-4-7-15(17)12-22-19(28)16-8-6-10-25(13-16)21-24-26-18(27)11-14(2)23-20(26)30-21/h4-5,7,9,11,16H,3,6,8,10,12-13H2,1-2H3,(H,22,28)/t16-/m0/s1. The second kappa shape index (κ2) is 8.83. The van der Waals surface area contributed by atoms with E-state index in [2.05, 4.69) is 20.3 Å². The van der Waals surface area contributed by atoms with E-state index in [9.17, 15) is 9.59 Å². The summed E-state index contributed by atoms with van der Waals surface area (Å²) in [6, 6.07) is 9.22. The van der Waals surface area contributed by atoms with Crippen molar-refractivity contribution in [1.29, 1.82) is 0 Å². The van der Waals surface area contributed by atoms with Crippen LogP contribution < -0.4 is 20.5 Å². The Balaban J connectivity index is 1.43. The second-order valence-electron chi connectivity index (χ2n) is 7.36. The molecule has 3 aromatic rings. The molecule has 0 saturated carbocycles. The number of para-hydroxylation sites is 1. The van der Waals surface area contributed by atoms with Crippen LogP contribution in [0.4, 0.5) is 5.13 Å². The summed E-state index contributed by atoms with van der Waals surface area (Å²) in [4.78, 5) is 32.0. The van der Waals surface area contributed by atoms with E-state index in [0.29, 0.717) is 30.4 Å². The highest BCUT2D eigenvalue weighted by Gasteiger charge is 2.28. The van der Waals surface area contributed by atoms with Crippen molar-refractivity contribution in [3.63, 3.8) is 0 Å². The molecule has 1 atom stereocenters. The smallest absolute Gasteiger partial charge is 0.275 e. The minimum atomic E-state index is -0.181. The highest BCUT2D eigenvalue weighted by Crippen LogP contribution is 2.27. The summed E-state index contributed by atoms with van der Waals surface area (Å²) in [5.74, 6) is 0.697. The van der Waals surface area contributed by atoms with Gasteiger partial charge in [0, 0.05) is 37.0 Å². The Morgan fingerprint density at radius 2 is 2.20 bits per heavy atom. The van der Waals surface area contributed by atoms with Gasteiger partial charge in [-0.2, -0.15) is 4.52 Å². The van der Waals surface area contributed by atoms with Gasteiger partial charge in [-0.15, -0.1) is 5.10 Å². The fraction of sp³-hybridized carbons (Fsp3) is 0.429. The monoisotopic (exact) mass is 427 g/mol. The zero-order valence-electron chi connectivity index (χ0n) is 17.1. The van der Waals surface area contributed by atoms with Gasteiger partial charge in [0.1, 0.15) is 5.75 Å². The van der Waals surface area contributed by atoms with E-state index in [-0.39, 0.29) is 17.4 Å². The Bertz CT molecular complexity index is 1110. The Labute approximate surface area is 178 Å². The van der Waals surface area contributed by atoms with Gasteiger partial charge < -0.3 is 15.0 Å². The molecule has 1 amide bonds. The van der Waals surface area contributed by atoms with Crippen molar-refractivity contribution in [3.05, 3.63) is 51.9 Å². The van der Waals surface area contributed by atoms with E-state index in [4.69, 9.17) is 4.74 Å². The minimum absolute atomic E-state index is 0.0262.